The highest BCUT2D eigenvalue weighted by Gasteiger charge is 2.35. The number of fused-ring (bicyclic) bond motifs is 1. The van der Waals surface area contributed by atoms with Crippen molar-refractivity contribution in [2.24, 2.45) is 11.8 Å². The molecule has 0 bridgehead atoms. The Morgan fingerprint density at radius 3 is 2.80 bits per heavy atom. The fraction of sp³-hybridized carbons (Fsp3) is 0.650. The Kier molecular flexibility index (Phi) is 6.10. The monoisotopic (exact) mass is 346 g/mol. The molecule has 1 heterocycles. The highest BCUT2D eigenvalue weighted by molar-refractivity contribution is 5.94. The third-order valence-corrected chi connectivity index (χ3v) is 5.67. The number of aliphatic hydroxyl groups excluding tert-OH is 1. The van der Waals surface area contributed by atoms with Gasteiger partial charge in [-0.1, -0.05) is 6.07 Å². The Bertz CT molecular complexity index is 605. The lowest BCUT2D eigenvalue weighted by Gasteiger charge is -2.23. The molecule has 2 aliphatic rings. The minimum atomic E-state index is 0.107. The molecule has 25 heavy (non-hydrogen) atoms. The van der Waals surface area contributed by atoms with Crippen molar-refractivity contribution in [3.8, 4) is 0 Å². The number of methoxy groups -OCH3 is 1. The average Bonchev–Trinajstić information content (AvgIpc) is 3.25. The molecule has 3 rings (SSSR count). The molecule has 5 heteroatoms. The second-order valence-corrected chi connectivity index (χ2v) is 7.50. The summed E-state index contributed by atoms with van der Waals surface area (Å²) >= 11 is 0. The van der Waals surface area contributed by atoms with E-state index < -0.39 is 0 Å². The second kappa shape index (κ2) is 8.30. The molecule has 1 fully saturated rings. The molecule has 138 valence electrons. The van der Waals surface area contributed by atoms with E-state index in [9.17, 15) is 9.90 Å². The fourth-order valence-corrected chi connectivity index (χ4v) is 4.14. The van der Waals surface area contributed by atoms with Crippen LogP contribution in [0.25, 0.3) is 0 Å². The molecule has 1 N–H and O–H groups in total. The smallest absolute Gasteiger partial charge is 0.253 e. The van der Waals surface area contributed by atoms with Gasteiger partial charge in [-0.15, -0.1) is 0 Å². The zero-order valence-electron chi connectivity index (χ0n) is 15.4. The number of carbonyl (C=O) groups is 1. The Hall–Kier alpha value is -1.43. The number of rotatable bonds is 7. The summed E-state index contributed by atoms with van der Waals surface area (Å²) in [7, 11) is 3.77. The van der Waals surface area contributed by atoms with E-state index in [0.29, 0.717) is 19.1 Å². The Labute approximate surface area is 150 Å². The molecule has 0 aromatic heterocycles. The lowest BCUT2D eigenvalue weighted by atomic mass is 9.96. The molecule has 1 aromatic carbocycles. The maximum absolute atomic E-state index is 12.9. The fourth-order valence-electron chi connectivity index (χ4n) is 4.14. The zero-order chi connectivity index (χ0) is 17.8. The number of aliphatic hydroxyl groups is 1. The number of amides is 1. The van der Waals surface area contributed by atoms with Crippen molar-refractivity contribution in [2.45, 2.75) is 19.3 Å². The van der Waals surface area contributed by atoms with E-state index in [4.69, 9.17) is 4.74 Å². The number of hydrogen-bond acceptors (Lipinski definition) is 4. The first-order valence-electron chi connectivity index (χ1n) is 9.31. The van der Waals surface area contributed by atoms with Crippen molar-refractivity contribution < 1.29 is 14.6 Å². The van der Waals surface area contributed by atoms with E-state index >= 15 is 0 Å². The first-order valence-corrected chi connectivity index (χ1v) is 9.31. The van der Waals surface area contributed by atoms with Gasteiger partial charge in [0.05, 0.1) is 6.61 Å². The maximum atomic E-state index is 12.9. The molecule has 1 aliphatic heterocycles. The van der Waals surface area contributed by atoms with Crippen molar-refractivity contribution in [1.82, 2.24) is 9.80 Å². The van der Waals surface area contributed by atoms with Crippen molar-refractivity contribution in [3.63, 3.8) is 0 Å². The van der Waals surface area contributed by atoms with Gasteiger partial charge in [0.25, 0.3) is 5.91 Å². The van der Waals surface area contributed by atoms with Crippen LogP contribution in [0.1, 0.15) is 27.9 Å². The Morgan fingerprint density at radius 1 is 1.28 bits per heavy atom. The molecule has 0 unspecified atom stereocenters. The van der Waals surface area contributed by atoms with E-state index in [0.717, 1.165) is 38.0 Å². The third-order valence-electron chi connectivity index (χ3n) is 5.67. The lowest BCUT2D eigenvalue weighted by Crippen LogP contribution is -2.33. The summed E-state index contributed by atoms with van der Waals surface area (Å²) < 4.78 is 5.13. The molecule has 0 radical (unpaired) electrons. The molecule has 1 amide bonds. The van der Waals surface area contributed by atoms with E-state index in [-0.39, 0.29) is 18.4 Å². The molecule has 0 spiro atoms. The minimum absolute atomic E-state index is 0.107. The molecule has 0 saturated carbocycles. The van der Waals surface area contributed by atoms with E-state index in [1.165, 1.54) is 17.5 Å². The van der Waals surface area contributed by atoms with Crippen LogP contribution in [-0.4, -0.2) is 74.4 Å². The van der Waals surface area contributed by atoms with Crippen molar-refractivity contribution in [2.75, 3.05) is 53.6 Å². The molecule has 1 aromatic rings. The number of nitrogens with zero attached hydrogens (tertiary/aromatic N) is 2. The zero-order valence-corrected chi connectivity index (χ0v) is 15.4. The largest absolute Gasteiger partial charge is 0.396 e. The van der Waals surface area contributed by atoms with Crippen LogP contribution in [0.3, 0.4) is 0 Å². The summed E-state index contributed by atoms with van der Waals surface area (Å²) in [5.74, 6) is 0.573. The van der Waals surface area contributed by atoms with Gasteiger partial charge in [-0.3, -0.25) is 4.79 Å². The summed E-state index contributed by atoms with van der Waals surface area (Å²) in [5.41, 5.74) is 3.52. The van der Waals surface area contributed by atoms with E-state index in [2.05, 4.69) is 24.1 Å². The molecule has 5 nitrogen and oxygen atoms in total. The quantitative estimate of drug-likeness (QED) is 0.812. The molecule has 1 aliphatic carbocycles. The molecular formula is C20H30N2O3. The molecule has 2 atom stereocenters. The van der Waals surface area contributed by atoms with Gasteiger partial charge in [0.15, 0.2) is 0 Å². The number of ether oxygens (including phenoxy) is 1. The highest BCUT2D eigenvalue weighted by Crippen LogP contribution is 2.27. The van der Waals surface area contributed by atoms with Gasteiger partial charge in [-0.25, -0.2) is 0 Å². The predicted molar refractivity (Wildman–Crippen MR) is 97.8 cm³/mol. The van der Waals surface area contributed by atoms with Gasteiger partial charge in [0.2, 0.25) is 0 Å². The molecule has 1 saturated heterocycles. The topological polar surface area (TPSA) is 53.0 Å². The van der Waals surface area contributed by atoms with Gasteiger partial charge in [0, 0.05) is 51.4 Å². The van der Waals surface area contributed by atoms with Gasteiger partial charge in [-0.05, 0) is 55.5 Å². The van der Waals surface area contributed by atoms with Gasteiger partial charge in [0.1, 0.15) is 0 Å². The third kappa shape index (κ3) is 4.22. The van der Waals surface area contributed by atoms with Crippen LogP contribution >= 0.6 is 0 Å². The summed E-state index contributed by atoms with van der Waals surface area (Å²) in [4.78, 5) is 17.1. The number of benzene rings is 1. The average molecular weight is 346 g/mol. The predicted octanol–water partition coefficient (Wildman–Crippen LogP) is 1.43. The van der Waals surface area contributed by atoms with Crippen molar-refractivity contribution in [1.29, 1.82) is 0 Å². The number of carbonyl (C=O) groups excluding carboxylic acids is 1. The summed E-state index contributed by atoms with van der Waals surface area (Å²) in [6.07, 6.45) is 3.41. The lowest BCUT2D eigenvalue weighted by molar-refractivity contribution is 0.0778. The van der Waals surface area contributed by atoms with Crippen LogP contribution in [-0.2, 0) is 17.6 Å². The van der Waals surface area contributed by atoms with Crippen LogP contribution in [0.5, 0.6) is 0 Å². The van der Waals surface area contributed by atoms with Crippen LogP contribution in [0.15, 0.2) is 18.2 Å². The van der Waals surface area contributed by atoms with Crippen LogP contribution in [0.2, 0.25) is 0 Å². The maximum Gasteiger partial charge on any atom is 0.253 e. The van der Waals surface area contributed by atoms with Gasteiger partial charge in [-0.2, -0.15) is 0 Å². The first-order chi connectivity index (χ1) is 12.1. The normalized spacial score (nSPS) is 22.6. The van der Waals surface area contributed by atoms with Crippen molar-refractivity contribution >= 4 is 5.91 Å². The number of likely N-dealkylation sites (N-methyl/N-ethyl adjacent to an activating group) is 1. The Morgan fingerprint density at radius 2 is 2.04 bits per heavy atom. The van der Waals surface area contributed by atoms with Crippen LogP contribution in [0.4, 0.5) is 0 Å². The summed E-state index contributed by atoms with van der Waals surface area (Å²) in [6.45, 7) is 3.95. The Balaban J connectivity index is 1.63. The minimum Gasteiger partial charge on any atom is -0.396 e. The second-order valence-electron chi connectivity index (χ2n) is 7.50. The van der Waals surface area contributed by atoms with Crippen molar-refractivity contribution in [3.05, 3.63) is 34.9 Å². The summed E-state index contributed by atoms with van der Waals surface area (Å²) in [6, 6.07) is 6.17. The van der Waals surface area contributed by atoms with Gasteiger partial charge >= 0.3 is 0 Å². The van der Waals surface area contributed by atoms with Crippen LogP contribution in [0, 0.1) is 11.8 Å². The number of likely N-dealkylation sites (tertiary alicyclic amines) is 1. The summed E-state index contributed by atoms with van der Waals surface area (Å²) in [5, 5.41) is 9.74. The number of hydrogen-bond donors (Lipinski definition) is 1. The number of aryl methyl sites for hydroxylation is 2. The van der Waals surface area contributed by atoms with Crippen LogP contribution < -0.4 is 0 Å². The SMILES string of the molecule is COCCN(C)C[C@@H]1CN(C(=O)c2ccc3c(c2)CCC3)C[C@@H]1CO. The van der Waals surface area contributed by atoms with E-state index in [1.54, 1.807) is 7.11 Å². The highest BCUT2D eigenvalue weighted by atomic mass is 16.5. The molecular weight excluding hydrogens is 316 g/mol. The van der Waals surface area contributed by atoms with Gasteiger partial charge < -0.3 is 19.6 Å². The first kappa shape index (κ1) is 18.4. The standard InChI is InChI=1S/C20H30N2O3/c1-21(8-9-25-2)11-18-12-22(13-19(18)14-23)20(24)17-7-6-15-4-3-5-16(15)10-17/h6-7,10,18-19,23H,3-5,8-9,11-14H2,1-2H3/t18-,19-/m1/s1. The van der Waals surface area contributed by atoms with E-state index in [1.807, 2.05) is 11.0 Å².